The molecule has 1 aromatic heterocycles. The van der Waals surface area contributed by atoms with E-state index in [1.807, 2.05) is 54.1 Å². The van der Waals surface area contributed by atoms with E-state index in [0.29, 0.717) is 24.8 Å². The van der Waals surface area contributed by atoms with Crippen molar-refractivity contribution >= 4 is 11.8 Å². The fraction of sp³-hybridized carbons (Fsp3) is 0.519. The Morgan fingerprint density at radius 3 is 2.35 bits per heavy atom. The molecule has 7 heteroatoms. The number of carbonyl (C=O) groups is 2. The molecule has 0 N–H and O–H groups in total. The van der Waals surface area contributed by atoms with Crippen LogP contribution in [0.25, 0.3) is 0 Å². The van der Waals surface area contributed by atoms with Crippen molar-refractivity contribution in [2.24, 2.45) is 5.92 Å². The Balaban J connectivity index is 1.43. The van der Waals surface area contributed by atoms with Gasteiger partial charge in [0.2, 0.25) is 5.91 Å². The van der Waals surface area contributed by atoms with E-state index in [9.17, 15) is 9.59 Å². The zero-order valence-electron chi connectivity index (χ0n) is 20.3. The number of amides is 2. The van der Waals surface area contributed by atoms with Gasteiger partial charge in [-0.3, -0.25) is 19.5 Å². The fourth-order valence-electron chi connectivity index (χ4n) is 5.19. The number of piperidine rings is 1. The first-order chi connectivity index (χ1) is 16.5. The minimum atomic E-state index is -0.117. The third-order valence-corrected chi connectivity index (χ3v) is 7.34. The highest BCUT2D eigenvalue weighted by atomic mass is 16.5. The predicted molar refractivity (Wildman–Crippen MR) is 131 cm³/mol. The molecule has 0 bridgehead atoms. The highest BCUT2D eigenvalue weighted by Gasteiger charge is 2.35. The summed E-state index contributed by atoms with van der Waals surface area (Å²) in [5.74, 6) is 0.472. The van der Waals surface area contributed by atoms with Crippen molar-refractivity contribution in [3.8, 4) is 0 Å². The van der Waals surface area contributed by atoms with Gasteiger partial charge < -0.3 is 14.5 Å². The Hall–Kier alpha value is -2.77. The molecule has 2 amide bonds. The monoisotopic (exact) mass is 464 g/mol. The van der Waals surface area contributed by atoms with E-state index in [2.05, 4.69) is 22.0 Å². The fourth-order valence-corrected chi connectivity index (χ4v) is 5.19. The maximum atomic E-state index is 13.2. The Bertz CT molecular complexity index is 925. The smallest absolute Gasteiger partial charge is 0.272 e. The first-order valence-corrected chi connectivity index (χ1v) is 12.4. The van der Waals surface area contributed by atoms with Crippen molar-refractivity contribution < 1.29 is 14.3 Å². The maximum Gasteiger partial charge on any atom is 0.272 e. The Labute approximate surface area is 202 Å². The minimum absolute atomic E-state index is 0.0471. The second kappa shape index (κ2) is 11.6. The number of benzene rings is 1. The standard InChI is InChI=1S/C27H36N4O3/c1-21(30-16-18-34-19-17-30)26(32)31-14-11-23(12-15-31)25(20-22-8-4-3-5-9-22)29(2)27(33)24-10-6-7-13-28-24/h3-10,13,21,23,25H,11-12,14-20H2,1-2H3. The van der Waals surface area contributed by atoms with Crippen LogP contribution in [0.1, 0.15) is 35.8 Å². The quantitative estimate of drug-likeness (QED) is 0.630. The van der Waals surface area contributed by atoms with Crippen molar-refractivity contribution in [3.05, 3.63) is 66.0 Å². The summed E-state index contributed by atoms with van der Waals surface area (Å²) in [7, 11) is 1.89. The van der Waals surface area contributed by atoms with Crippen LogP contribution in [0.4, 0.5) is 0 Å². The molecule has 2 aromatic rings. The van der Waals surface area contributed by atoms with Gasteiger partial charge in [0.1, 0.15) is 5.69 Å². The number of likely N-dealkylation sites (N-methyl/N-ethyl adjacent to an activating group) is 1. The molecule has 34 heavy (non-hydrogen) atoms. The maximum absolute atomic E-state index is 13.2. The Kier molecular flexibility index (Phi) is 8.29. The largest absolute Gasteiger partial charge is 0.379 e. The van der Waals surface area contributed by atoms with Gasteiger partial charge in [0.05, 0.1) is 19.3 Å². The molecule has 0 aliphatic carbocycles. The van der Waals surface area contributed by atoms with E-state index in [4.69, 9.17) is 4.74 Å². The molecular formula is C27H36N4O3. The van der Waals surface area contributed by atoms with Crippen LogP contribution >= 0.6 is 0 Å². The number of ether oxygens (including phenoxy) is 1. The summed E-state index contributed by atoms with van der Waals surface area (Å²) in [4.78, 5) is 36.8. The minimum Gasteiger partial charge on any atom is -0.379 e. The number of hydrogen-bond donors (Lipinski definition) is 0. The van der Waals surface area contributed by atoms with Gasteiger partial charge in [-0.05, 0) is 49.8 Å². The van der Waals surface area contributed by atoms with Gasteiger partial charge in [-0.15, -0.1) is 0 Å². The summed E-state index contributed by atoms with van der Waals surface area (Å²) in [6.07, 6.45) is 4.23. The molecule has 2 unspecified atom stereocenters. The van der Waals surface area contributed by atoms with Gasteiger partial charge in [-0.25, -0.2) is 0 Å². The summed E-state index contributed by atoms with van der Waals surface area (Å²) in [5, 5.41) is 0. The zero-order chi connectivity index (χ0) is 23.9. The van der Waals surface area contributed by atoms with Crippen molar-refractivity contribution in [1.29, 1.82) is 0 Å². The van der Waals surface area contributed by atoms with Crippen molar-refractivity contribution in [1.82, 2.24) is 19.7 Å². The number of carbonyl (C=O) groups excluding carboxylic acids is 2. The lowest BCUT2D eigenvalue weighted by Gasteiger charge is -2.41. The SMILES string of the molecule is CC(C(=O)N1CCC(C(Cc2ccccc2)N(C)C(=O)c2ccccn2)CC1)N1CCOCC1. The van der Waals surface area contributed by atoms with Crippen LogP contribution in [-0.4, -0.2) is 90.0 Å². The normalized spacial score (nSPS) is 19.4. The van der Waals surface area contributed by atoms with Crippen LogP contribution in [0, 0.1) is 5.92 Å². The van der Waals surface area contributed by atoms with Crippen molar-refractivity contribution in [2.75, 3.05) is 46.4 Å². The van der Waals surface area contributed by atoms with Crippen LogP contribution in [0.15, 0.2) is 54.7 Å². The highest BCUT2D eigenvalue weighted by Crippen LogP contribution is 2.28. The molecule has 2 aliphatic rings. The van der Waals surface area contributed by atoms with Gasteiger partial charge in [0.15, 0.2) is 0 Å². The van der Waals surface area contributed by atoms with Crippen LogP contribution in [0.2, 0.25) is 0 Å². The number of hydrogen-bond acceptors (Lipinski definition) is 5. The van der Waals surface area contributed by atoms with E-state index in [1.54, 1.807) is 12.3 Å². The van der Waals surface area contributed by atoms with Crippen LogP contribution in [0.5, 0.6) is 0 Å². The second-order valence-electron chi connectivity index (χ2n) is 9.38. The molecule has 182 valence electrons. The first kappa shape index (κ1) is 24.4. The number of likely N-dealkylation sites (tertiary alicyclic amines) is 1. The Morgan fingerprint density at radius 2 is 1.71 bits per heavy atom. The van der Waals surface area contributed by atoms with E-state index >= 15 is 0 Å². The number of rotatable bonds is 7. The molecule has 3 heterocycles. The molecule has 0 spiro atoms. The Morgan fingerprint density at radius 1 is 1.03 bits per heavy atom. The number of pyridine rings is 1. The van der Waals surface area contributed by atoms with E-state index in [-0.39, 0.29) is 23.9 Å². The van der Waals surface area contributed by atoms with Gasteiger partial charge >= 0.3 is 0 Å². The van der Waals surface area contributed by atoms with Gasteiger partial charge in [-0.1, -0.05) is 36.4 Å². The summed E-state index contributed by atoms with van der Waals surface area (Å²) >= 11 is 0. The highest BCUT2D eigenvalue weighted by molar-refractivity contribution is 5.92. The van der Waals surface area contributed by atoms with Gasteiger partial charge in [-0.2, -0.15) is 0 Å². The van der Waals surface area contributed by atoms with Crippen LogP contribution < -0.4 is 0 Å². The van der Waals surface area contributed by atoms with Crippen molar-refractivity contribution in [2.45, 2.75) is 38.3 Å². The van der Waals surface area contributed by atoms with Gasteiger partial charge in [0.25, 0.3) is 5.91 Å². The van der Waals surface area contributed by atoms with E-state index in [0.717, 1.165) is 45.4 Å². The molecule has 2 fully saturated rings. The van der Waals surface area contributed by atoms with Crippen LogP contribution in [0.3, 0.4) is 0 Å². The summed E-state index contributed by atoms with van der Waals surface area (Å²) in [5.41, 5.74) is 1.68. The molecule has 2 aliphatic heterocycles. The zero-order valence-corrected chi connectivity index (χ0v) is 20.3. The lowest BCUT2D eigenvalue weighted by molar-refractivity contribution is -0.139. The third-order valence-electron chi connectivity index (χ3n) is 7.34. The molecule has 2 atom stereocenters. The lowest BCUT2D eigenvalue weighted by atomic mass is 9.84. The average molecular weight is 465 g/mol. The molecule has 0 saturated carbocycles. The second-order valence-corrected chi connectivity index (χ2v) is 9.38. The molecule has 7 nitrogen and oxygen atoms in total. The topological polar surface area (TPSA) is 66.0 Å². The molecular weight excluding hydrogens is 428 g/mol. The van der Waals surface area contributed by atoms with Gasteiger partial charge in [0, 0.05) is 45.5 Å². The number of nitrogens with zero attached hydrogens (tertiary/aromatic N) is 4. The number of aromatic nitrogens is 1. The van der Waals surface area contributed by atoms with Crippen molar-refractivity contribution in [3.63, 3.8) is 0 Å². The molecule has 0 radical (unpaired) electrons. The molecule has 2 saturated heterocycles. The predicted octanol–water partition coefficient (Wildman–Crippen LogP) is 2.72. The number of morpholine rings is 1. The third kappa shape index (κ3) is 5.83. The first-order valence-electron chi connectivity index (χ1n) is 12.4. The lowest BCUT2D eigenvalue weighted by Crippen LogP contribution is -2.54. The average Bonchev–Trinajstić information content (AvgIpc) is 2.92. The van der Waals surface area contributed by atoms with E-state index in [1.165, 1.54) is 5.56 Å². The molecule has 4 rings (SSSR count). The van der Waals surface area contributed by atoms with E-state index < -0.39 is 0 Å². The van der Waals surface area contributed by atoms with Crippen LogP contribution in [-0.2, 0) is 16.0 Å². The molecule has 1 aromatic carbocycles. The summed E-state index contributed by atoms with van der Waals surface area (Å²) in [6, 6.07) is 15.7. The summed E-state index contributed by atoms with van der Waals surface area (Å²) in [6.45, 7) is 6.47. The summed E-state index contributed by atoms with van der Waals surface area (Å²) < 4.78 is 5.43.